The predicted octanol–water partition coefficient (Wildman–Crippen LogP) is 3.29. The van der Waals surface area contributed by atoms with Crippen LogP contribution < -0.4 is 0 Å². The maximum atomic E-state index is 11.9. The molecule has 1 fully saturated rings. The first-order chi connectivity index (χ1) is 7.31. The van der Waals surface area contributed by atoms with Gasteiger partial charge in [0.2, 0.25) is 0 Å². The third-order valence-corrected chi connectivity index (χ3v) is 2.98. The lowest BCUT2D eigenvalue weighted by atomic mass is 9.76. The van der Waals surface area contributed by atoms with E-state index in [1.807, 2.05) is 32.6 Å². The number of carbonyl (C=O) groups excluding carboxylic acids is 1. The van der Waals surface area contributed by atoms with E-state index in [-0.39, 0.29) is 6.09 Å². The summed E-state index contributed by atoms with van der Waals surface area (Å²) in [6.07, 6.45) is 2.33. The molecule has 16 heavy (non-hydrogen) atoms. The fourth-order valence-corrected chi connectivity index (χ4v) is 2.19. The molecular weight excluding hydrogens is 202 g/mol. The van der Waals surface area contributed by atoms with E-state index in [1.165, 1.54) is 12.8 Å². The molecule has 0 heterocycles. The average molecular weight is 227 g/mol. The highest BCUT2D eigenvalue weighted by atomic mass is 16.6. The Labute approximate surface area is 99.1 Å². The summed E-state index contributed by atoms with van der Waals surface area (Å²) < 4.78 is 5.37. The van der Waals surface area contributed by atoms with Crippen molar-refractivity contribution in [2.24, 2.45) is 11.8 Å². The lowest BCUT2D eigenvalue weighted by Gasteiger charge is -2.37. The maximum Gasteiger partial charge on any atom is 0.410 e. The zero-order valence-corrected chi connectivity index (χ0v) is 11.2. The minimum Gasteiger partial charge on any atom is -0.444 e. The van der Waals surface area contributed by atoms with Crippen LogP contribution in [0.1, 0.15) is 47.5 Å². The van der Waals surface area contributed by atoms with E-state index in [0.29, 0.717) is 5.92 Å². The summed E-state index contributed by atoms with van der Waals surface area (Å²) >= 11 is 0. The minimum absolute atomic E-state index is 0.172. The largest absolute Gasteiger partial charge is 0.444 e. The van der Waals surface area contributed by atoms with Gasteiger partial charge in [0.25, 0.3) is 0 Å². The number of amides is 1. The third-order valence-electron chi connectivity index (χ3n) is 2.98. The fraction of sp³-hybridized carbons (Fsp3) is 0.923. The Kier molecular flexibility index (Phi) is 4.22. The summed E-state index contributed by atoms with van der Waals surface area (Å²) in [4.78, 5) is 13.7. The molecule has 0 aromatic carbocycles. The Hall–Kier alpha value is -0.730. The van der Waals surface area contributed by atoms with E-state index in [0.717, 1.165) is 19.0 Å². The second-order valence-electron chi connectivity index (χ2n) is 5.96. The number of rotatable bonds is 3. The van der Waals surface area contributed by atoms with Crippen LogP contribution in [0.3, 0.4) is 0 Å². The van der Waals surface area contributed by atoms with Gasteiger partial charge >= 0.3 is 6.09 Å². The smallest absolute Gasteiger partial charge is 0.410 e. The molecule has 0 saturated heterocycles. The zero-order valence-electron chi connectivity index (χ0n) is 11.2. The highest BCUT2D eigenvalue weighted by Crippen LogP contribution is 2.33. The van der Waals surface area contributed by atoms with Crippen LogP contribution in [-0.2, 0) is 4.74 Å². The molecule has 0 atom stereocenters. The molecular formula is C13H25NO2. The molecule has 0 radical (unpaired) electrons. The Bertz CT molecular complexity index is 239. The van der Waals surface area contributed by atoms with Crippen LogP contribution >= 0.6 is 0 Å². The van der Waals surface area contributed by atoms with E-state index in [1.54, 1.807) is 0 Å². The summed E-state index contributed by atoms with van der Waals surface area (Å²) in [6.45, 7) is 11.6. The average Bonchev–Trinajstić information content (AvgIpc) is 2.07. The molecule has 3 nitrogen and oxygen atoms in total. The number of carbonyl (C=O) groups is 1. The summed E-state index contributed by atoms with van der Waals surface area (Å²) in [5.41, 5.74) is -0.391. The molecule has 0 unspecified atom stereocenters. The van der Waals surface area contributed by atoms with Gasteiger partial charge in [-0.25, -0.2) is 4.79 Å². The highest BCUT2D eigenvalue weighted by Gasteiger charge is 2.29. The molecule has 3 heteroatoms. The molecule has 1 saturated carbocycles. The van der Waals surface area contributed by atoms with Gasteiger partial charge in [0.1, 0.15) is 5.60 Å². The quantitative estimate of drug-likeness (QED) is 0.740. The second-order valence-corrected chi connectivity index (χ2v) is 5.96. The van der Waals surface area contributed by atoms with E-state index >= 15 is 0 Å². The van der Waals surface area contributed by atoms with Gasteiger partial charge in [0, 0.05) is 13.1 Å². The first kappa shape index (κ1) is 13.3. The predicted molar refractivity (Wildman–Crippen MR) is 65.4 cm³/mol. The molecule has 0 aliphatic heterocycles. The number of hydrogen-bond acceptors (Lipinski definition) is 2. The Balaban J connectivity index is 2.38. The van der Waals surface area contributed by atoms with Crippen molar-refractivity contribution in [3.8, 4) is 0 Å². The number of nitrogens with zero attached hydrogens (tertiary/aromatic N) is 1. The molecule has 0 aromatic heterocycles. The Morgan fingerprint density at radius 1 is 1.38 bits per heavy atom. The van der Waals surface area contributed by atoms with Gasteiger partial charge in [-0.05, 0) is 52.4 Å². The highest BCUT2D eigenvalue weighted by molar-refractivity contribution is 5.68. The molecule has 1 rings (SSSR count). The third kappa shape index (κ3) is 4.03. The van der Waals surface area contributed by atoms with Crippen molar-refractivity contribution >= 4 is 6.09 Å². The molecule has 94 valence electrons. The van der Waals surface area contributed by atoms with Gasteiger partial charge < -0.3 is 9.64 Å². The Morgan fingerprint density at radius 2 is 1.94 bits per heavy atom. The van der Waals surface area contributed by atoms with E-state index in [2.05, 4.69) is 6.92 Å². The first-order valence-electron chi connectivity index (χ1n) is 6.29. The summed E-state index contributed by atoms with van der Waals surface area (Å²) in [5, 5.41) is 0. The van der Waals surface area contributed by atoms with Crippen molar-refractivity contribution in [2.75, 3.05) is 13.1 Å². The summed E-state index contributed by atoms with van der Waals surface area (Å²) in [7, 11) is 0. The monoisotopic (exact) mass is 227 g/mol. The maximum absolute atomic E-state index is 11.9. The lowest BCUT2D eigenvalue weighted by Crippen LogP contribution is -2.42. The zero-order chi connectivity index (χ0) is 12.3. The van der Waals surface area contributed by atoms with Gasteiger partial charge in [-0.15, -0.1) is 0 Å². The van der Waals surface area contributed by atoms with Gasteiger partial charge in [-0.2, -0.15) is 0 Å². The number of ether oxygens (including phenoxy) is 1. The van der Waals surface area contributed by atoms with Crippen LogP contribution in [0.25, 0.3) is 0 Å². The summed E-state index contributed by atoms with van der Waals surface area (Å²) in [5.74, 6) is 1.52. The van der Waals surface area contributed by atoms with Gasteiger partial charge in [-0.3, -0.25) is 0 Å². The summed E-state index contributed by atoms with van der Waals surface area (Å²) in [6, 6.07) is 0. The topological polar surface area (TPSA) is 29.5 Å². The van der Waals surface area contributed by atoms with Crippen molar-refractivity contribution in [3.63, 3.8) is 0 Å². The molecule has 0 bridgehead atoms. The first-order valence-corrected chi connectivity index (χ1v) is 6.29. The SMILES string of the molecule is CCN(CC1CC(C)C1)C(=O)OC(C)(C)C. The van der Waals surface area contributed by atoms with Crippen LogP contribution in [0, 0.1) is 11.8 Å². The van der Waals surface area contributed by atoms with Crippen molar-refractivity contribution in [1.29, 1.82) is 0 Å². The van der Waals surface area contributed by atoms with Crippen molar-refractivity contribution < 1.29 is 9.53 Å². The Morgan fingerprint density at radius 3 is 2.31 bits per heavy atom. The normalized spacial score (nSPS) is 24.8. The van der Waals surface area contributed by atoms with Crippen LogP contribution in [0.2, 0.25) is 0 Å². The molecule has 0 spiro atoms. The van der Waals surface area contributed by atoms with Crippen molar-refractivity contribution in [2.45, 2.75) is 53.1 Å². The van der Waals surface area contributed by atoms with Crippen LogP contribution in [-0.4, -0.2) is 29.7 Å². The standard InChI is InChI=1S/C13H25NO2/c1-6-14(9-11-7-10(2)8-11)12(15)16-13(3,4)5/h10-11H,6-9H2,1-5H3. The van der Waals surface area contributed by atoms with Crippen LogP contribution in [0.5, 0.6) is 0 Å². The van der Waals surface area contributed by atoms with Gasteiger partial charge in [0.05, 0.1) is 0 Å². The van der Waals surface area contributed by atoms with Crippen LogP contribution in [0.4, 0.5) is 4.79 Å². The molecule has 0 N–H and O–H groups in total. The van der Waals surface area contributed by atoms with Gasteiger partial charge in [0.15, 0.2) is 0 Å². The van der Waals surface area contributed by atoms with E-state index < -0.39 is 5.60 Å². The fourth-order valence-electron chi connectivity index (χ4n) is 2.19. The lowest BCUT2D eigenvalue weighted by molar-refractivity contribution is 0.0177. The molecule has 1 amide bonds. The van der Waals surface area contributed by atoms with Gasteiger partial charge in [-0.1, -0.05) is 6.92 Å². The molecule has 0 aromatic rings. The van der Waals surface area contributed by atoms with Crippen LogP contribution in [0.15, 0.2) is 0 Å². The number of hydrogen-bond donors (Lipinski definition) is 0. The minimum atomic E-state index is -0.391. The van der Waals surface area contributed by atoms with Crippen molar-refractivity contribution in [3.05, 3.63) is 0 Å². The van der Waals surface area contributed by atoms with E-state index in [4.69, 9.17) is 4.74 Å². The molecule has 1 aliphatic rings. The second kappa shape index (κ2) is 5.07. The molecule has 1 aliphatic carbocycles. The van der Waals surface area contributed by atoms with Crippen molar-refractivity contribution in [1.82, 2.24) is 4.90 Å². The van der Waals surface area contributed by atoms with E-state index in [9.17, 15) is 4.79 Å².